The maximum Gasteiger partial charge on any atom is 0.426 e. The van der Waals surface area contributed by atoms with Crippen LogP contribution in [0.2, 0.25) is 0 Å². The molecule has 0 radical (unpaired) electrons. The smallest absolute Gasteiger partial charge is 0.426 e. The minimum absolute atomic E-state index is 0.481. The zero-order valence-corrected chi connectivity index (χ0v) is 14.8. The Balaban J connectivity index is 1.63. The summed E-state index contributed by atoms with van der Waals surface area (Å²) < 4.78 is 6.17. The number of hydrazine groups is 1. The molecule has 130 valence electrons. The summed E-state index contributed by atoms with van der Waals surface area (Å²) in [5.41, 5.74) is 4.81. The molecule has 0 saturated heterocycles. The number of amides is 3. The van der Waals surface area contributed by atoms with Gasteiger partial charge in [0.2, 0.25) is 0 Å². The first-order chi connectivity index (χ1) is 11.3. The van der Waals surface area contributed by atoms with Gasteiger partial charge in [0.15, 0.2) is 0 Å². The Kier molecular flexibility index (Phi) is 5.97. The highest BCUT2D eigenvalue weighted by Crippen LogP contribution is 2.22. The predicted molar refractivity (Wildman–Crippen MR) is 93.8 cm³/mol. The van der Waals surface area contributed by atoms with Gasteiger partial charge in [0, 0.05) is 13.0 Å². The van der Waals surface area contributed by atoms with Crippen LogP contribution in [-0.4, -0.2) is 29.3 Å². The number of nitrogens with one attached hydrogen (secondary N) is 3. The lowest BCUT2D eigenvalue weighted by Crippen LogP contribution is -2.48. The highest BCUT2D eigenvalue weighted by Gasteiger charge is 2.16. The van der Waals surface area contributed by atoms with Crippen LogP contribution >= 0.6 is 11.3 Å². The number of carbonyl (C=O) groups is 2. The first-order valence-corrected chi connectivity index (χ1v) is 8.52. The summed E-state index contributed by atoms with van der Waals surface area (Å²) in [7, 11) is 0. The number of fused-ring (bicyclic) bond motifs is 1. The molecule has 0 aliphatic rings. The Morgan fingerprint density at radius 3 is 2.67 bits per heavy atom. The van der Waals surface area contributed by atoms with E-state index in [1.165, 1.54) is 4.70 Å². The third-order valence-electron chi connectivity index (χ3n) is 2.87. The van der Waals surface area contributed by atoms with Crippen LogP contribution in [0.5, 0.6) is 0 Å². The molecule has 1 heterocycles. The molecule has 0 aliphatic carbocycles. The summed E-state index contributed by atoms with van der Waals surface area (Å²) in [4.78, 5) is 27.5. The Bertz CT molecular complexity index is 676. The number of thiazole rings is 1. The van der Waals surface area contributed by atoms with Crippen LogP contribution < -0.4 is 16.2 Å². The van der Waals surface area contributed by atoms with E-state index in [2.05, 4.69) is 21.2 Å². The molecule has 0 saturated carbocycles. The van der Waals surface area contributed by atoms with Gasteiger partial charge >= 0.3 is 12.1 Å². The van der Waals surface area contributed by atoms with Crippen LogP contribution in [0.1, 0.15) is 32.2 Å². The van der Waals surface area contributed by atoms with Crippen molar-refractivity contribution in [3.63, 3.8) is 0 Å². The first-order valence-electron chi connectivity index (χ1n) is 7.71. The van der Waals surface area contributed by atoms with Crippen LogP contribution in [0.3, 0.4) is 0 Å². The normalized spacial score (nSPS) is 11.1. The number of urea groups is 1. The highest BCUT2D eigenvalue weighted by molar-refractivity contribution is 7.18. The van der Waals surface area contributed by atoms with Crippen molar-refractivity contribution in [1.82, 2.24) is 21.2 Å². The van der Waals surface area contributed by atoms with Gasteiger partial charge in [-0.3, -0.25) is 0 Å². The predicted octanol–water partition coefficient (Wildman–Crippen LogP) is 2.97. The number of para-hydroxylation sites is 1. The topological polar surface area (TPSA) is 92.4 Å². The number of ether oxygens (including phenoxy) is 1. The van der Waals surface area contributed by atoms with E-state index in [1.807, 2.05) is 24.3 Å². The molecule has 3 N–H and O–H groups in total. The van der Waals surface area contributed by atoms with Crippen LogP contribution in [0.15, 0.2) is 24.3 Å². The first kappa shape index (κ1) is 18.0. The lowest BCUT2D eigenvalue weighted by atomic mass is 10.2. The average Bonchev–Trinajstić information content (AvgIpc) is 2.90. The lowest BCUT2D eigenvalue weighted by molar-refractivity contribution is 0.0505. The van der Waals surface area contributed by atoms with Gasteiger partial charge in [0.25, 0.3) is 0 Å². The van der Waals surface area contributed by atoms with Gasteiger partial charge in [-0.15, -0.1) is 11.3 Å². The van der Waals surface area contributed by atoms with Gasteiger partial charge in [-0.05, 0) is 39.3 Å². The molecule has 0 unspecified atom stereocenters. The minimum Gasteiger partial charge on any atom is -0.443 e. The van der Waals surface area contributed by atoms with Crippen molar-refractivity contribution in [2.75, 3.05) is 6.54 Å². The molecule has 7 nitrogen and oxygen atoms in total. The van der Waals surface area contributed by atoms with E-state index in [0.29, 0.717) is 6.54 Å². The number of aryl methyl sites for hydroxylation is 1. The molecule has 0 spiro atoms. The molecule has 3 amide bonds. The number of rotatable bonds is 4. The summed E-state index contributed by atoms with van der Waals surface area (Å²) in [6.45, 7) is 5.72. The van der Waals surface area contributed by atoms with Crippen LogP contribution in [-0.2, 0) is 11.2 Å². The second-order valence-corrected chi connectivity index (χ2v) is 7.30. The monoisotopic (exact) mass is 350 g/mol. The second kappa shape index (κ2) is 7.96. The zero-order valence-electron chi connectivity index (χ0n) is 14.0. The fraction of sp³-hybridized carbons (Fsp3) is 0.438. The Hall–Kier alpha value is -2.35. The minimum atomic E-state index is -0.702. The van der Waals surface area contributed by atoms with E-state index < -0.39 is 17.7 Å². The SMILES string of the molecule is CC(C)(C)OC(=O)NNC(=O)NCCCc1nc2ccccc2s1. The average molecular weight is 350 g/mol. The number of hydrogen-bond donors (Lipinski definition) is 3. The second-order valence-electron chi connectivity index (χ2n) is 6.19. The molecule has 1 aromatic heterocycles. The van der Waals surface area contributed by atoms with E-state index in [0.717, 1.165) is 23.4 Å². The van der Waals surface area contributed by atoms with Gasteiger partial charge in [-0.25, -0.2) is 25.4 Å². The summed E-state index contributed by atoms with van der Waals surface area (Å²) >= 11 is 1.66. The van der Waals surface area contributed by atoms with Gasteiger partial charge in [0.05, 0.1) is 15.2 Å². The molecular weight excluding hydrogens is 328 g/mol. The Morgan fingerprint density at radius 2 is 1.96 bits per heavy atom. The van der Waals surface area contributed by atoms with Gasteiger partial charge in [0.1, 0.15) is 5.60 Å². The molecule has 2 aromatic rings. The van der Waals surface area contributed by atoms with E-state index in [-0.39, 0.29) is 0 Å². The molecule has 1 aromatic carbocycles. The van der Waals surface area contributed by atoms with Crippen LogP contribution in [0.25, 0.3) is 10.2 Å². The highest BCUT2D eigenvalue weighted by atomic mass is 32.1. The molecule has 0 aliphatic heterocycles. The molecule has 2 rings (SSSR count). The van der Waals surface area contributed by atoms with Gasteiger partial charge in [-0.2, -0.15) is 0 Å². The fourth-order valence-corrected chi connectivity index (χ4v) is 2.93. The summed E-state index contributed by atoms with van der Waals surface area (Å²) in [6.07, 6.45) is 0.853. The van der Waals surface area contributed by atoms with Crippen molar-refractivity contribution in [2.24, 2.45) is 0 Å². The molecular formula is C16H22N4O3S. The van der Waals surface area contributed by atoms with E-state index in [9.17, 15) is 9.59 Å². The third kappa shape index (κ3) is 6.04. The van der Waals surface area contributed by atoms with Crippen LogP contribution in [0, 0.1) is 0 Å². The number of aromatic nitrogens is 1. The van der Waals surface area contributed by atoms with Crippen molar-refractivity contribution >= 4 is 33.7 Å². The van der Waals surface area contributed by atoms with Gasteiger partial charge in [-0.1, -0.05) is 12.1 Å². The Morgan fingerprint density at radius 1 is 1.21 bits per heavy atom. The summed E-state index contributed by atoms with van der Waals surface area (Å²) in [6, 6.07) is 7.52. The molecule has 0 bridgehead atoms. The lowest BCUT2D eigenvalue weighted by Gasteiger charge is -2.19. The van der Waals surface area contributed by atoms with Gasteiger partial charge < -0.3 is 10.1 Å². The Labute approximate surface area is 144 Å². The zero-order chi connectivity index (χ0) is 17.6. The van der Waals surface area contributed by atoms with Crippen molar-refractivity contribution < 1.29 is 14.3 Å². The van der Waals surface area contributed by atoms with Crippen molar-refractivity contribution in [3.8, 4) is 0 Å². The molecule has 24 heavy (non-hydrogen) atoms. The number of nitrogens with zero attached hydrogens (tertiary/aromatic N) is 1. The largest absolute Gasteiger partial charge is 0.443 e. The summed E-state index contributed by atoms with van der Waals surface area (Å²) in [5.74, 6) is 0. The maximum atomic E-state index is 11.6. The standard InChI is InChI=1S/C16H22N4O3S/c1-16(2,3)23-15(22)20-19-14(21)17-10-6-9-13-18-11-7-4-5-8-12(11)24-13/h4-5,7-8H,6,9-10H2,1-3H3,(H,20,22)(H2,17,19,21). The van der Waals surface area contributed by atoms with Crippen molar-refractivity contribution in [1.29, 1.82) is 0 Å². The molecule has 0 fully saturated rings. The quantitative estimate of drug-likeness (QED) is 0.584. The number of carbonyl (C=O) groups excluding carboxylic acids is 2. The maximum absolute atomic E-state index is 11.6. The number of benzene rings is 1. The van der Waals surface area contributed by atoms with E-state index in [4.69, 9.17) is 4.74 Å². The molecule has 8 heteroatoms. The third-order valence-corrected chi connectivity index (χ3v) is 3.96. The fourth-order valence-electron chi connectivity index (χ4n) is 1.92. The van der Waals surface area contributed by atoms with Crippen molar-refractivity contribution in [2.45, 2.75) is 39.2 Å². The molecule has 0 atom stereocenters. The van der Waals surface area contributed by atoms with Crippen LogP contribution in [0.4, 0.5) is 9.59 Å². The van der Waals surface area contributed by atoms with E-state index in [1.54, 1.807) is 32.1 Å². The summed E-state index contributed by atoms with van der Waals surface area (Å²) in [5, 5.41) is 3.71. The van der Waals surface area contributed by atoms with E-state index >= 15 is 0 Å². The number of hydrogen-bond acceptors (Lipinski definition) is 5. The van der Waals surface area contributed by atoms with Crippen molar-refractivity contribution in [3.05, 3.63) is 29.3 Å².